The maximum atomic E-state index is 3.47. The minimum atomic E-state index is 0.523. The smallest absolute Gasteiger partial charge is 0.0245 e. The molecule has 0 saturated heterocycles. The second-order valence-corrected chi connectivity index (χ2v) is 8.04. The Morgan fingerprint density at radius 2 is 2.20 bits per heavy atom. The Balaban J connectivity index is 1.65. The largest absolute Gasteiger partial charge is 0.319 e. The molecule has 0 aromatic carbocycles. The van der Waals surface area contributed by atoms with Crippen molar-refractivity contribution in [2.24, 2.45) is 11.3 Å². The molecule has 2 aliphatic rings. The number of hydrogen-bond acceptors (Lipinski definition) is 3. The van der Waals surface area contributed by atoms with Crippen LogP contribution in [0, 0.1) is 11.3 Å². The zero-order valence-electron chi connectivity index (χ0n) is 13.0. The molecule has 1 aromatic rings. The zero-order chi connectivity index (χ0) is 14.0. The van der Waals surface area contributed by atoms with Gasteiger partial charge in [0.2, 0.25) is 0 Å². The molecule has 1 aromatic heterocycles. The van der Waals surface area contributed by atoms with Gasteiger partial charge >= 0.3 is 0 Å². The van der Waals surface area contributed by atoms with Gasteiger partial charge in [-0.25, -0.2) is 0 Å². The lowest BCUT2D eigenvalue weighted by Gasteiger charge is -2.43. The Morgan fingerprint density at radius 3 is 2.95 bits per heavy atom. The van der Waals surface area contributed by atoms with E-state index in [1.807, 2.05) is 11.3 Å². The second-order valence-electron chi connectivity index (χ2n) is 7.04. The summed E-state index contributed by atoms with van der Waals surface area (Å²) < 4.78 is 0. The van der Waals surface area contributed by atoms with E-state index < -0.39 is 0 Å². The summed E-state index contributed by atoms with van der Waals surface area (Å²) >= 11 is 1.94. The summed E-state index contributed by atoms with van der Waals surface area (Å²) in [6, 6.07) is 2.33. The van der Waals surface area contributed by atoms with Crippen molar-refractivity contribution in [2.75, 3.05) is 26.7 Å². The monoisotopic (exact) mass is 292 g/mol. The first kappa shape index (κ1) is 14.6. The molecule has 0 unspecified atom stereocenters. The highest BCUT2D eigenvalue weighted by atomic mass is 32.1. The SMILES string of the molecule is CNCC1(CN2CCc3sccc3C2)CCC(C)CC1. The van der Waals surface area contributed by atoms with Gasteiger partial charge in [-0.3, -0.25) is 4.90 Å². The Morgan fingerprint density at radius 1 is 1.40 bits per heavy atom. The van der Waals surface area contributed by atoms with E-state index in [1.165, 1.54) is 58.3 Å². The highest BCUT2D eigenvalue weighted by molar-refractivity contribution is 7.10. The van der Waals surface area contributed by atoms with Gasteiger partial charge in [0.15, 0.2) is 0 Å². The van der Waals surface area contributed by atoms with Crippen molar-refractivity contribution in [3.8, 4) is 0 Å². The fourth-order valence-corrected chi connectivity index (χ4v) is 4.95. The van der Waals surface area contributed by atoms with Gasteiger partial charge in [-0.05, 0) is 54.7 Å². The standard InChI is InChI=1S/C17H28N2S/c1-14-3-7-17(8-4-14,12-18-2)13-19-9-5-16-15(11-19)6-10-20-16/h6,10,14,18H,3-5,7-9,11-13H2,1-2H3. The van der Waals surface area contributed by atoms with Gasteiger partial charge in [0, 0.05) is 31.1 Å². The highest BCUT2D eigenvalue weighted by Gasteiger charge is 2.35. The van der Waals surface area contributed by atoms with E-state index >= 15 is 0 Å². The molecule has 3 rings (SSSR count). The molecular formula is C17H28N2S. The van der Waals surface area contributed by atoms with E-state index in [1.54, 1.807) is 10.4 Å². The molecule has 1 fully saturated rings. The van der Waals surface area contributed by atoms with Gasteiger partial charge in [0.1, 0.15) is 0 Å². The predicted octanol–water partition coefficient (Wildman–Crippen LogP) is 3.52. The topological polar surface area (TPSA) is 15.3 Å². The van der Waals surface area contributed by atoms with Gasteiger partial charge in [0.25, 0.3) is 0 Å². The molecule has 0 atom stereocenters. The third kappa shape index (κ3) is 3.10. The van der Waals surface area contributed by atoms with Gasteiger partial charge in [-0.2, -0.15) is 0 Å². The van der Waals surface area contributed by atoms with Crippen LogP contribution in [-0.2, 0) is 13.0 Å². The van der Waals surface area contributed by atoms with E-state index in [9.17, 15) is 0 Å². The Labute approximate surface area is 127 Å². The van der Waals surface area contributed by atoms with Crippen molar-refractivity contribution in [1.29, 1.82) is 0 Å². The minimum Gasteiger partial charge on any atom is -0.319 e. The maximum absolute atomic E-state index is 3.47. The van der Waals surface area contributed by atoms with E-state index in [0.717, 1.165) is 5.92 Å². The van der Waals surface area contributed by atoms with Crippen LogP contribution in [0.25, 0.3) is 0 Å². The highest BCUT2D eigenvalue weighted by Crippen LogP contribution is 2.40. The van der Waals surface area contributed by atoms with Crippen LogP contribution < -0.4 is 5.32 Å². The van der Waals surface area contributed by atoms with Crippen molar-refractivity contribution in [2.45, 2.75) is 45.6 Å². The lowest BCUT2D eigenvalue weighted by molar-refractivity contribution is 0.0817. The van der Waals surface area contributed by atoms with Crippen molar-refractivity contribution in [1.82, 2.24) is 10.2 Å². The van der Waals surface area contributed by atoms with Crippen LogP contribution in [0.1, 0.15) is 43.0 Å². The Hall–Kier alpha value is -0.380. The molecule has 0 radical (unpaired) electrons. The van der Waals surface area contributed by atoms with E-state index in [2.05, 4.69) is 35.6 Å². The van der Waals surface area contributed by atoms with Gasteiger partial charge < -0.3 is 5.32 Å². The number of hydrogen-bond donors (Lipinski definition) is 1. The molecule has 1 saturated carbocycles. The van der Waals surface area contributed by atoms with Gasteiger partial charge in [0.05, 0.1) is 0 Å². The summed E-state index contributed by atoms with van der Waals surface area (Å²) in [5.41, 5.74) is 2.11. The average Bonchev–Trinajstić information content (AvgIpc) is 2.90. The molecule has 0 amide bonds. The number of rotatable bonds is 4. The van der Waals surface area contributed by atoms with Crippen molar-refractivity contribution < 1.29 is 0 Å². The van der Waals surface area contributed by atoms with Crippen LogP contribution in [0.15, 0.2) is 11.4 Å². The molecular weight excluding hydrogens is 264 g/mol. The zero-order valence-corrected chi connectivity index (χ0v) is 13.8. The predicted molar refractivity (Wildman–Crippen MR) is 87.3 cm³/mol. The number of fused-ring (bicyclic) bond motifs is 1. The molecule has 20 heavy (non-hydrogen) atoms. The fraction of sp³-hybridized carbons (Fsp3) is 0.765. The normalized spacial score (nSPS) is 31.2. The van der Waals surface area contributed by atoms with E-state index in [-0.39, 0.29) is 0 Å². The number of nitrogens with zero attached hydrogens (tertiary/aromatic N) is 1. The van der Waals surface area contributed by atoms with Crippen LogP contribution in [0.3, 0.4) is 0 Å². The quantitative estimate of drug-likeness (QED) is 0.913. The molecule has 3 heteroatoms. The molecule has 112 valence electrons. The van der Waals surface area contributed by atoms with Crippen LogP contribution in [-0.4, -0.2) is 31.6 Å². The average molecular weight is 292 g/mol. The second kappa shape index (κ2) is 6.17. The molecule has 0 spiro atoms. The van der Waals surface area contributed by atoms with Crippen molar-refractivity contribution in [3.05, 3.63) is 21.9 Å². The van der Waals surface area contributed by atoms with Crippen molar-refractivity contribution in [3.63, 3.8) is 0 Å². The van der Waals surface area contributed by atoms with E-state index in [4.69, 9.17) is 0 Å². The summed E-state index contributed by atoms with van der Waals surface area (Å²) in [6.45, 7) is 7.33. The Bertz CT molecular complexity index is 432. The third-order valence-electron chi connectivity index (χ3n) is 5.33. The summed E-state index contributed by atoms with van der Waals surface area (Å²) in [4.78, 5) is 4.34. The lowest BCUT2D eigenvalue weighted by atomic mass is 9.70. The minimum absolute atomic E-state index is 0.523. The first-order valence-corrected chi connectivity index (χ1v) is 9.01. The fourth-order valence-electron chi connectivity index (χ4n) is 4.06. The number of thiophene rings is 1. The summed E-state index contributed by atoms with van der Waals surface area (Å²) in [5.74, 6) is 0.935. The van der Waals surface area contributed by atoms with Crippen molar-refractivity contribution >= 4 is 11.3 Å². The molecule has 0 bridgehead atoms. The maximum Gasteiger partial charge on any atom is 0.0245 e. The van der Waals surface area contributed by atoms with Gasteiger partial charge in [-0.1, -0.05) is 19.8 Å². The summed E-state index contributed by atoms with van der Waals surface area (Å²) in [5, 5.41) is 5.74. The third-order valence-corrected chi connectivity index (χ3v) is 6.36. The summed E-state index contributed by atoms with van der Waals surface area (Å²) in [7, 11) is 2.12. The molecule has 1 aliphatic carbocycles. The number of nitrogens with one attached hydrogen (secondary N) is 1. The lowest BCUT2D eigenvalue weighted by Crippen LogP contribution is -2.46. The first-order valence-electron chi connectivity index (χ1n) is 8.13. The first-order chi connectivity index (χ1) is 9.71. The van der Waals surface area contributed by atoms with Crippen LogP contribution in [0.4, 0.5) is 0 Å². The molecule has 2 heterocycles. The van der Waals surface area contributed by atoms with Crippen LogP contribution in [0.2, 0.25) is 0 Å². The molecule has 1 N–H and O–H groups in total. The van der Waals surface area contributed by atoms with Crippen LogP contribution in [0.5, 0.6) is 0 Å². The Kier molecular flexibility index (Phi) is 4.49. The van der Waals surface area contributed by atoms with E-state index in [0.29, 0.717) is 5.41 Å². The molecule has 2 nitrogen and oxygen atoms in total. The molecule has 1 aliphatic heterocycles. The van der Waals surface area contributed by atoms with Gasteiger partial charge in [-0.15, -0.1) is 11.3 Å². The summed E-state index contributed by atoms with van der Waals surface area (Å²) in [6.07, 6.45) is 6.90. The van der Waals surface area contributed by atoms with Crippen LogP contribution >= 0.6 is 11.3 Å².